The molecule has 1 aromatic rings. The lowest BCUT2D eigenvalue weighted by molar-refractivity contribution is 0.0292. The molecule has 0 spiro atoms. The van der Waals surface area contributed by atoms with E-state index in [0.29, 0.717) is 24.3 Å². The van der Waals surface area contributed by atoms with Crippen LogP contribution < -0.4 is 10.5 Å². The molecule has 1 unspecified atom stereocenters. The average Bonchev–Trinajstić information content (AvgIpc) is 2.40. The maximum Gasteiger partial charge on any atom is 0.240 e. The molecule has 0 bridgehead atoms. The van der Waals surface area contributed by atoms with Crippen LogP contribution in [-0.4, -0.2) is 39.4 Å². The number of nitrogens with two attached hydrogens (primary N) is 1. The minimum Gasteiger partial charge on any atom is -0.398 e. The Morgan fingerprint density at radius 1 is 1.48 bits per heavy atom. The molecule has 0 saturated heterocycles. The second-order valence-electron chi connectivity index (χ2n) is 5.18. The minimum atomic E-state index is -3.80. The number of methoxy groups -OCH3 is 1. The van der Waals surface area contributed by atoms with E-state index in [2.05, 4.69) is 4.72 Å². The number of nitrogens with one attached hydrogen (secondary N) is 1. The molecular formula is C13H21ClN2O4S. The lowest BCUT2D eigenvalue weighted by atomic mass is 10.0. The summed E-state index contributed by atoms with van der Waals surface area (Å²) in [5, 5.41) is 10.3. The lowest BCUT2D eigenvalue weighted by Crippen LogP contribution is -2.41. The molecule has 0 fully saturated rings. The van der Waals surface area contributed by atoms with Gasteiger partial charge in [-0.1, -0.05) is 11.6 Å². The Kier molecular flexibility index (Phi) is 6.01. The monoisotopic (exact) mass is 336 g/mol. The largest absolute Gasteiger partial charge is 0.398 e. The van der Waals surface area contributed by atoms with Crippen LogP contribution in [0.5, 0.6) is 0 Å². The first-order valence-electron chi connectivity index (χ1n) is 6.36. The number of anilines is 1. The average molecular weight is 337 g/mol. The molecule has 0 aliphatic carbocycles. The Labute approximate surface area is 130 Å². The zero-order valence-corrected chi connectivity index (χ0v) is 13.9. The van der Waals surface area contributed by atoms with E-state index in [1.165, 1.54) is 26.2 Å². The zero-order valence-electron chi connectivity index (χ0n) is 12.3. The van der Waals surface area contributed by atoms with E-state index in [4.69, 9.17) is 22.1 Å². The SMILES string of the molecule is COCCC(C)(O)CNS(=O)(=O)c1cc(N)c(C)c(Cl)c1. The van der Waals surface area contributed by atoms with Crippen molar-refractivity contribution in [3.05, 3.63) is 22.7 Å². The molecule has 6 nitrogen and oxygen atoms in total. The second-order valence-corrected chi connectivity index (χ2v) is 7.36. The van der Waals surface area contributed by atoms with Crippen LogP contribution in [0.2, 0.25) is 5.02 Å². The highest BCUT2D eigenvalue weighted by molar-refractivity contribution is 7.89. The van der Waals surface area contributed by atoms with Gasteiger partial charge in [0, 0.05) is 37.4 Å². The van der Waals surface area contributed by atoms with Crippen molar-refractivity contribution in [1.82, 2.24) is 4.72 Å². The summed E-state index contributed by atoms with van der Waals surface area (Å²) in [5.41, 5.74) is 5.45. The summed E-state index contributed by atoms with van der Waals surface area (Å²) in [5.74, 6) is 0. The van der Waals surface area contributed by atoms with Gasteiger partial charge in [-0.15, -0.1) is 0 Å². The van der Waals surface area contributed by atoms with Gasteiger partial charge in [-0.05, 0) is 31.5 Å². The number of hydrogen-bond donors (Lipinski definition) is 3. The van der Waals surface area contributed by atoms with E-state index >= 15 is 0 Å². The first kappa shape index (κ1) is 18.2. The molecule has 0 aliphatic rings. The van der Waals surface area contributed by atoms with E-state index < -0.39 is 15.6 Å². The molecule has 1 atom stereocenters. The molecule has 0 aromatic heterocycles. The van der Waals surface area contributed by atoms with E-state index in [-0.39, 0.29) is 16.5 Å². The third kappa shape index (κ3) is 5.12. The maximum atomic E-state index is 12.2. The van der Waals surface area contributed by atoms with Crippen LogP contribution in [0.4, 0.5) is 5.69 Å². The second kappa shape index (κ2) is 6.93. The van der Waals surface area contributed by atoms with E-state index in [0.717, 1.165) is 0 Å². The van der Waals surface area contributed by atoms with Gasteiger partial charge in [-0.3, -0.25) is 0 Å². The Morgan fingerprint density at radius 2 is 2.10 bits per heavy atom. The summed E-state index contributed by atoms with van der Waals surface area (Å²) in [4.78, 5) is -0.0295. The molecule has 120 valence electrons. The van der Waals surface area contributed by atoms with Crippen LogP contribution in [0.15, 0.2) is 17.0 Å². The summed E-state index contributed by atoms with van der Waals surface area (Å²) in [6.45, 7) is 3.43. The predicted molar refractivity (Wildman–Crippen MR) is 82.9 cm³/mol. The standard InChI is InChI=1S/C13H21ClN2O4S/c1-9-11(14)6-10(7-12(9)15)21(18,19)16-8-13(2,17)4-5-20-3/h6-7,16-17H,4-5,8,15H2,1-3H3. The smallest absolute Gasteiger partial charge is 0.240 e. The number of rotatable bonds is 7. The molecule has 0 aliphatic heterocycles. The van der Waals surface area contributed by atoms with Gasteiger partial charge >= 0.3 is 0 Å². The van der Waals surface area contributed by atoms with Crippen molar-refractivity contribution < 1.29 is 18.3 Å². The van der Waals surface area contributed by atoms with E-state index in [9.17, 15) is 13.5 Å². The molecule has 1 aromatic carbocycles. The fraction of sp³-hybridized carbons (Fsp3) is 0.538. The molecule has 1 rings (SSSR count). The van der Waals surface area contributed by atoms with Crippen LogP contribution in [0.25, 0.3) is 0 Å². The van der Waals surface area contributed by atoms with E-state index in [1.807, 2.05) is 0 Å². The number of aliphatic hydroxyl groups is 1. The number of ether oxygens (including phenoxy) is 1. The number of sulfonamides is 1. The van der Waals surface area contributed by atoms with Crippen molar-refractivity contribution >= 4 is 27.3 Å². The topological polar surface area (TPSA) is 102 Å². The fourth-order valence-corrected chi connectivity index (χ4v) is 3.09. The molecule has 21 heavy (non-hydrogen) atoms. The van der Waals surface area contributed by atoms with Crippen LogP contribution in [0.1, 0.15) is 18.9 Å². The number of nitrogen functional groups attached to an aromatic ring is 1. The van der Waals surface area contributed by atoms with Crippen LogP contribution in [0.3, 0.4) is 0 Å². The normalized spacial score (nSPS) is 14.9. The highest BCUT2D eigenvalue weighted by Crippen LogP contribution is 2.26. The zero-order chi connectivity index (χ0) is 16.3. The van der Waals surface area contributed by atoms with Crippen molar-refractivity contribution in [3.63, 3.8) is 0 Å². The van der Waals surface area contributed by atoms with Crippen molar-refractivity contribution in [2.24, 2.45) is 0 Å². The van der Waals surface area contributed by atoms with Gasteiger partial charge in [0.2, 0.25) is 10.0 Å². The summed E-state index contributed by atoms with van der Waals surface area (Å²) in [7, 11) is -2.28. The molecule has 0 amide bonds. The van der Waals surface area contributed by atoms with Gasteiger partial charge in [0.25, 0.3) is 0 Å². The van der Waals surface area contributed by atoms with Crippen LogP contribution >= 0.6 is 11.6 Å². The van der Waals surface area contributed by atoms with Crippen molar-refractivity contribution in [1.29, 1.82) is 0 Å². The fourth-order valence-electron chi connectivity index (χ4n) is 1.57. The quantitative estimate of drug-likeness (QED) is 0.651. The van der Waals surface area contributed by atoms with Gasteiger partial charge in [0.05, 0.1) is 10.5 Å². The highest BCUT2D eigenvalue weighted by Gasteiger charge is 2.24. The Hall–Kier alpha value is -0.860. The van der Waals surface area contributed by atoms with Crippen LogP contribution in [0, 0.1) is 6.92 Å². The highest BCUT2D eigenvalue weighted by atomic mass is 35.5. The Bertz CT molecular complexity index is 579. The Balaban J connectivity index is 2.88. The summed E-state index contributed by atoms with van der Waals surface area (Å²) in [6.07, 6.45) is 0.308. The van der Waals surface area contributed by atoms with Gasteiger partial charge in [-0.2, -0.15) is 0 Å². The number of hydrogen-bond acceptors (Lipinski definition) is 5. The molecular weight excluding hydrogens is 316 g/mol. The molecule has 0 saturated carbocycles. The first-order chi connectivity index (χ1) is 9.59. The first-order valence-corrected chi connectivity index (χ1v) is 8.22. The third-order valence-electron chi connectivity index (χ3n) is 3.16. The van der Waals surface area contributed by atoms with Crippen LogP contribution in [-0.2, 0) is 14.8 Å². The summed E-state index contributed by atoms with van der Waals surface area (Å²) < 4.78 is 31.6. The number of halogens is 1. The number of benzene rings is 1. The van der Waals surface area contributed by atoms with Crippen molar-refractivity contribution in [3.8, 4) is 0 Å². The van der Waals surface area contributed by atoms with Gasteiger partial charge in [0.1, 0.15) is 0 Å². The molecule has 8 heteroatoms. The van der Waals surface area contributed by atoms with Crippen molar-refractivity contribution in [2.45, 2.75) is 30.8 Å². The molecule has 0 radical (unpaired) electrons. The van der Waals surface area contributed by atoms with E-state index in [1.54, 1.807) is 6.92 Å². The maximum absolute atomic E-state index is 12.2. The summed E-state index contributed by atoms with van der Waals surface area (Å²) >= 11 is 5.95. The summed E-state index contributed by atoms with van der Waals surface area (Å²) in [6, 6.07) is 2.67. The predicted octanol–water partition coefficient (Wildman–Crippen LogP) is 1.30. The lowest BCUT2D eigenvalue weighted by Gasteiger charge is -2.23. The van der Waals surface area contributed by atoms with Gasteiger partial charge in [-0.25, -0.2) is 13.1 Å². The van der Waals surface area contributed by atoms with Crippen molar-refractivity contribution in [2.75, 3.05) is 26.0 Å². The van der Waals surface area contributed by atoms with Gasteiger partial charge in [0.15, 0.2) is 0 Å². The Morgan fingerprint density at radius 3 is 2.62 bits per heavy atom. The minimum absolute atomic E-state index is 0.0295. The molecule has 4 N–H and O–H groups in total. The van der Waals surface area contributed by atoms with Gasteiger partial charge < -0.3 is 15.6 Å². The third-order valence-corrected chi connectivity index (χ3v) is 4.93. The molecule has 0 heterocycles.